The molecule has 0 radical (unpaired) electrons. The topological polar surface area (TPSA) is 49.2 Å². The lowest BCUT2D eigenvalue weighted by Crippen LogP contribution is -2.37. The SMILES string of the molecule is Cl.OC1CCN(c2ncncc2CCc2ccccc2)CC1. The predicted molar refractivity (Wildman–Crippen MR) is 90.6 cm³/mol. The molecule has 0 bridgehead atoms. The van der Waals surface area contributed by atoms with Crippen LogP contribution in [0.1, 0.15) is 24.0 Å². The largest absolute Gasteiger partial charge is 0.393 e. The lowest BCUT2D eigenvalue weighted by Gasteiger charge is -2.31. The van der Waals surface area contributed by atoms with Crippen molar-refractivity contribution >= 4 is 18.2 Å². The summed E-state index contributed by atoms with van der Waals surface area (Å²) in [5, 5.41) is 9.64. The van der Waals surface area contributed by atoms with Crippen molar-refractivity contribution in [2.75, 3.05) is 18.0 Å². The number of aliphatic hydroxyl groups excluding tert-OH is 1. The van der Waals surface area contributed by atoms with Gasteiger partial charge < -0.3 is 10.0 Å². The molecule has 22 heavy (non-hydrogen) atoms. The summed E-state index contributed by atoms with van der Waals surface area (Å²) in [6, 6.07) is 10.5. The zero-order valence-electron chi connectivity index (χ0n) is 12.6. The lowest BCUT2D eigenvalue weighted by atomic mass is 10.0. The Morgan fingerprint density at radius 2 is 1.82 bits per heavy atom. The van der Waals surface area contributed by atoms with Gasteiger partial charge in [0.15, 0.2) is 0 Å². The average molecular weight is 320 g/mol. The number of aryl methyl sites for hydroxylation is 2. The minimum Gasteiger partial charge on any atom is -0.393 e. The molecule has 1 aliphatic heterocycles. The molecule has 1 aromatic heterocycles. The van der Waals surface area contributed by atoms with Crippen LogP contribution < -0.4 is 4.90 Å². The van der Waals surface area contributed by atoms with E-state index in [0.29, 0.717) is 0 Å². The number of hydrogen-bond donors (Lipinski definition) is 1. The molecule has 0 amide bonds. The smallest absolute Gasteiger partial charge is 0.135 e. The zero-order chi connectivity index (χ0) is 14.5. The van der Waals surface area contributed by atoms with E-state index in [2.05, 4.69) is 39.1 Å². The summed E-state index contributed by atoms with van der Waals surface area (Å²) in [6.07, 6.45) is 6.97. The van der Waals surface area contributed by atoms with Crippen molar-refractivity contribution in [1.82, 2.24) is 9.97 Å². The summed E-state index contributed by atoms with van der Waals surface area (Å²) in [5.74, 6) is 1.04. The molecule has 0 saturated carbocycles. The number of anilines is 1. The van der Waals surface area contributed by atoms with Crippen molar-refractivity contribution in [3.05, 3.63) is 54.0 Å². The first-order chi connectivity index (χ1) is 10.3. The highest BCUT2D eigenvalue weighted by Crippen LogP contribution is 2.22. The summed E-state index contributed by atoms with van der Waals surface area (Å²) >= 11 is 0. The average Bonchev–Trinajstić information content (AvgIpc) is 2.55. The minimum absolute atomic E-state index is 0. The number of aliphatic hydroxyl groups is 1. The number of piperidine rings is 1. The highest BCUT2D eigenvalue weighted by Gasteiger charge is 2.20. The molecular formula is C17H22ClN3O. The Hall–Kier alpha value is -1.65. The fourth-order valence-corrected chi connectivity index (χ4v) is 2.81. The first-order valence-corrected chi connectivity index (χ1v) is 7.59. The van der Waals surface area contributed by atoms with Gasteiger partial charge in [-0.15, -0.1) is 12.4 Å². The van der Waals surface area contributed by atoms with Crippen molar-refractivity contribution in [3.8, 4) is 0 Å². The Balaban J connectivity index is 0.00000176. The van der Waals surface area contributed by atoms with Gasteiger partial charge in [0.05, 0.1) is 6.10 Å². The third-order valence-corrected chi connectivity index (χ3v) is 4.05. The monoisotopic (exact) mass is 319 g/mol. The quantitative estimate of drug-likeness (QED) is 0.941. The van der Waals surface area contributed by atoms with Gasteiger partial charge in [0.1, 0.15) is 12.1 Å². The van der Waals surface area contributed by atoms with Gasteiger partial charge in [-0.25, -0.2) is 9.97 Å². The Labute approximate surface area is 137 Å². The maximum atomic E-state index is 9.64. The fourth-order valence-electron chi connectivity index (χ4n) is 2.81. The van der Waals surface area contributed by atoms with Crippen LogP contribution in [0, 0.1) is 0 Å². The molecule has 1 saturated heterocycles. The van der Waals surface area contributed by atoms with Gasteiger partial charge in [-0.1, -0.05) is 30.3 Å². The third-order valence-electron chi connectivity index (χ3n) is 4.05. The molecule has 1 fully saturated rings. The van der Waals surface area contributed by atoms with Gasteiger partial charge in [-0.2, -0.15) is 0 Å². The van der Waals surface area contributed by atoms with Crippen LogP contribution in [0.4, 0.5) is 5.82 Å². The summed E-state index contributed by atoms with van der Waals surface area (Å²) < 4.78 is 0. The van der Waals surface area contributed by atoms with E-state index < -0.39 is 0 Å². The highest BCUT2D eigenvalue weighted by atomic mass is 35.5. The predicted octanol–water partition coefficient (Wildman–Crippen LogP) is 2.64. The van der Waals surface area contributed by atoms with Crippen molar-refractivity contribution in [3.63, 3.8) is 0 Å². The molecule has 2 aromatic rings. The normalized spacial score (nSPS) is 15.4. The molecule has 0 spiro atoms. The van der Waals surface area contributed by atoms with E-state index >= 15 is 0 Å². The van der Waals surface area contributed by atoms with Crippen LogP contribution in [-0.2, 0) is 12.8 Å². The maximum absolute atomic E-state index is 9.64. The lowest BCUT2D eigenvalue weighted by molar-refractivity contribution is 0.145. The molecule has 1 aliphatic rings. The molecule has 4 nitrogen and oxygen atoms in total. The van der Waals surface area contributed by atoms with Crippen molar-refractivity contribution < 1.29 is 5.11 Å². The molecule has 0 atom stereocenters. The Morgan fingerprint density at radius 3 is 2.55 bits per heavy atom. The Kier molecular flexibility index (Phi) is 6.16. The third kappa shape index (κ3) is 4.18. The van der Waals surface area contributed by atoms with Crippen LogP contribution in [0.15, 0.2) is 42.9 Å². The Bertz CT molecular complexity index is 571. The van der Waals surface area contributed by atoms with Gasteiger partial charge in [-0.05, 0) is 31.2 Å². The number of rotatable bonds is 4. The van der Waals surface area contributed by atoms with E-state index in [1.807, 2.05) is 12.3 Å². The number of nitrogens with zero attached hydrogens (tertiary/aromatic N) is 3. The van der Waals surface area contributed by atoms with E-state index in [0.717, 1.165) is 44.6 Å². The highest BCUT2D eigenvalue weighted by molar-refractivity contribution is 5.85. The number of benzene rings is 1. The van der Waals surface area contributed by atoms with E-state index in [1.54, 1.807) is 6.33 Å². The fraction of sp³-hybridized carbons (Fsp3) is 0.412. The number of aromatic nitrogens is 2. The van der Waals surface area contributed by atoms with E-state index in [1.165, 1.54) is 11.1 Å². The van der Waals surface area contributed by atoms with Crippen LogP contribution in [0.25, 0.3) is 0 Å². The molecule has 2 heterocycles. The standard InChI is InChI=1S/C17H21N3O.ClH/c21-16-8-10-20(11-9-16)17-15(12-18-13-19-17)7-6-14-4-2-1-3-5-14;/h1-5,12-13,16,21H,6-11H2;1H. The van der Waals surface area contributed by atoms with E-state index in [-0.39, 0.29) is 18.5 Å². The van der Waals surface area contributed by atoms with Gasteiger partial charge in [-0.3, -0.25) is 0 Å². The molecule has 0 aliphatic carbocycles. The van der Waals surface area contributed by atoms with Gasteiger partial charge in [0.25, 0.3) is 0 Å². The molecular weight excluding hydrogens is 298 g/mol. The van der Waals surface area contributed by atoms with Crippen LogP contribution >= 0.6 is 12.4 Å². The van der Waals surface area contributed by atoms with Gasteiger partial charge >= 0.3 is 0 Å². The first-order valence-electron chi connectivity index (χ1n) is 7.59. The van der Waals surface area contributed by atoms with E-state index in [9.17, 15) is 5.11 Å². The molecule has 1 aromatic carbocycles. The Morgan fingerprint density at radius 1 is 1.09 bits per heavy atom. The van der Waals surface area contributed by atoms with Gasteiger partial charge in [0, 0.05) is 24.8 Å². The van der Waals surface area contributed by atoms with Gasteiger partial charge in [0.2, 0.25) is 0 Å². The molecule has 0 unspecified atom stereocenters. The summed E-state index contributed by atoms with van der Waals surface area (Å²) in [6.45, 7) is 1.74. The van der Waals surface area contributed by atoms with Crippen LogP contribution in [0.5, 0.6) is 0 Å². The van der Waals surface area contributed by atoms with E-state index in [4.69, 9.17) is 0 Å². The molecule has 118 valence electrons. The molecule has 3 rings (SSSR count). The number of hydrogen-bond acceptors (Lipinski definition) is 4. The van der Waals surface area contributed by atoms with Crippen molar-refractivity contribution in [1.29, 1.82) is 0 Å². The summed E-state index contributed by atoms with van der Waals surface area (Å²) in [7, 11) is 0. The van der Waals surface area contributed by atoms with Crippen molar-refractivity contribution in [2.45, 2.75) is 31.8 Å². The first kappa shape index (κ1) is 16.7. The van der Waals surface area contributed by atoms with Crippen LogP contribution in [0.3, 0.4) is 0 Å². The molecule has 1 N–H and O–H groups in total. The summed E-state index contributed by atoms with van der Waals surface area (Å²) in [5.41, 5.74) is 2.53. The van der Waals surface area contributed by atoms with Crippen molar-refractivity contribution in [2.24, 2.45) is 0 Å². The molecule has 5 heteroatoms. The summed E-state index contributed by atoms with van der Waals surface area (Å²) in [4.78, 5) is 10.9. The van der Waals surface area contributed by atoms with Crippen LogP contribution in [-0.4, -0.2) is 34.3 Å². The maximum Gasteiger partial charge on any atom is 0.135 e. The second-order valence-corrected chi connectivity index (χ2v) is 5.58. The zero-order valence-corrected chi connectivity index (χ0v) is 13.4. The van der Waals surface area contributed by atoms with Crippen LogP contribution in [0.2, 0.25) is 0 Å². The minimum atomic E-state index is -0.157. The second kappa shape index (κ2) is 8.11. The second-order valence-electron chi connectivity index (χ2n) is 5.58. The number of halogens is 1.